The van der Waals surface area contributed by atoms with Crippen LogP contribution in [0.3, 0.4) is 0 Å². The Morgan fingerprint density at radius 1 is 0.633 bits per heavy atom. The van der Waals surface area contributed by atoms with Crippen molar-refractivity contribution in [1.29, 1.82) is 0 Å². The van der Waals surface area contributed by atoms with E-state index in [9.17, 15) is 0 Å². The number of unbranched alkanes of at least 4 members (excludes halogenated alkanes) is 9. The Bertz CT molecular complexity index is 623. The number of hydrogen-bond donors (Lipinski definition) is 0. The summed E-state index contributed by atoms with van der Waals surface area (Å²) in [5, 5.41) is 1.17. The lowest BCUT2D eigenvalue weighted by Crippen LogP contribution is -1.88. The monoisotopic (exact) mass is 618 g/mol. The van der Waals surface area contributed by atoms with Crippen LogP contribution in [0.2, 0.25) is 0 Å². The summed E-state index contributed by atoms with van der Waals surface area (Å²) < 4.78 is 9.27. The molecule has 0 aromatic carbocycles. The van der Waals surface area contributed by atoms with Crippen LogP contribution < -0.4 is 0 Å². The van der Waals surface area contributed by atoms with Crippen LogP contribution in [0.5, 0.6) is 0 Å². The van der Waals surface area contributed by atoms with Crippen molar-refractivity contribution in [2.45, 2.75) is 64.2 Å². The Hall–Kier alpha value is 2.50. The number of thioether (sulfide) groups is 8. The normalized spacial score (nSPS) is 19.4. The first-order chi connectivity index (χ1) is 14.8. The third-order valence-corrected chi connectivity index (χ3v) is 17.1. The van der Waals surface area contributed by atoms with Gasteiger partial charge in [0, 0.05) is 16.8 Å². The van der Waals surface area contributed by atoms with E-state index in [1.165, 1.54) is 99.5 Å². The Balaban J connectivity index is 1.27. The van der Waals surface area contributed by atoms with Gasteiger partial charge in [-0.2, -0.15) is 0 Å². The summed E-state index contributed by atoms with van der Waals surface area (Å²) in [6.45, 7) is 0. The molecule has 0 fully saturated rings. The SMILES string of the molecule is CSC1=C(SCCCCCCCCCCCCBr)SC(=C2SC3=C(SCCS3)S2)S1. The first-order valence-corrected chi connectivity index (χ1v) is 19.3. The summed E-state index contributed by atoms with van der Waals surface area (Å²) in [4.78, 5) is 0. The molecule has 0 amide bonds. The van der Waals surface area contributed by atoms with Gasteiger partial charge in [-0.25, -0.2) is 0 Å². The zero-order valence-electron chi connectivity index (χ0n) is 17.5. The summed E-state index contributed by atoms with van der Waals surface area (Å²) >= 11 is 19.8. The van der Waals surface area contributed by atoms with Crippen molar-refractivity contribution >= 4 is 110 Å². The van der Waals surface area contributed by atoms with Crippen molar-refractivity contribution in [2.75, 3.05) is 28.8 Å². The molecule has 9 heteroatoms. The topological polar surface area (TPSA) is 0 Å². The van der Waals surface area contributed by atoms with Gasteiger partial charge >= 0.3 is 0 Å². The molecule has 0 bridgehead atoms. The molecular formula is C21H31BrS8. The van der Waals surface area contributed by atoms with E-state index < -0.39 is 0 Å². The van der Waals surface area contributed by atoms with E-state index in [0.29, 0.717) is 0 Å². The van der Waals surface area contributed by atoms with Gasteiger partial charge in [0.05, 0.1) is 25.4 Å². The molecule has 0 aliphatic carbocycles. The van der Waals surface area contributed by atoms with Gasteiger partial charge in [0.2, 0.25) is 0 Å². The zero-order chi connectivity index (χ0) is 21.0. The van der Waals surface area contributed by atoms with Gasteiger partial charge in [0.25, 0.3) is 0 Å². The maximum Gasteiger partial charge on any atom is 0.0717 e. The molecule has 0 spiro atoms. The van der Waals surface area contributed by atoms with E-state index in [-0.39, 0.29) is 0 Å². The van der Waals surface area contributed by atoms with Crippen LogP contribution in [0.25, 0.3) is 0 Å². The lowest BCUT2D eigenvalue weighted by atomic mass is 10.1. The number of hydrogen-bond acceptors (Lipinski definition) is 8. The van der Waals surface area contributed by atoms with E-state index in [2.05, 4.69) is 57.5 Å². The molecular weight excluding hydrogens is 589 g/mol. The van der Waals surface area contributed by atoms with Crippen LogP contribution in [0, 0.1) is 0 Å². The standard InChI is InChI=1S/C21H31BrS8/c1-23-16-17(24-13-11-9-7-5-3-2-4-6-8-10-12-22)28-20(27-16)21-29-18-19(30-21)26-15-14-25-18/h2-15H2,1H3. The molecule has 0 radical (unpaired) electrons. The van der Waals surface area contributed by atoms with Crippen LogP contribution in [0.4, 0.5) is 0 Å². The molecule has 0 saturated heterocycles. The largest absolute Gasteiger partial charge is 0.121 e. The lowest BCUT2D eigenvalue weighted by Gasteiger charge is -2.08. The van der Waals surface area contributed by atoms with Crippen molar-refractivity contribution in [3.8, 4) is 0 Å². The Morgan fingerprint density at radius 2 is 1.13 bits per heavy atom. The van der Waals surface area contributed by atoms with Crippen molar-refractivity contribution in [3.63, 3.8) is 0 Å². The van der Waals surface area contributed by atoms with Gasteiger partial charge in [0.1, 0.15) is 0 Å². The quantitative estimate of drug-likeness (QED) is 0.137. The maximum absolute atomic E-state index is 3.52. The zero-order valence-corrected chi connectivity index (χ0v) is 25.7. The molecule has 3 aliphatic heterocycles. The molecule has 0 atom stereocenters. The number of alkyl halides is 1. The van der Waals surface area contributed by atoms with Gasteiger partial charge in [0.15, 0.2) is 0 Å². The molecule has 3 heterocycles. The molecule has 170 valence electrons. The molecule has 0 unspecified atom stereocenters. The third-order valence-electron chi connectivity index (χ3n) is 4.74. The van der Waals surface area contributed by atoms with Crippen LogP contribution in [-0.2, 0) is 0 Å². The molecule has 0 aromatic rings. The first-order valence-electron chi connectivity index (χ1n) is 10.7. The van der Waals surface area contributed by atoms with Gasteiger partial charge in [-0.1, -0.05) is 114 Å². The molecule has 0 nitrogen and oxygen atoms in total. The minimum Gasteiger partial charge on any atom is -0.121 e. The first kappa shape index (κ1) is 27.1. The molecule has 0 N–H and O–H groups in total. The summed E-state index contributed by atoms with van der Waals surface area (Å²) in [6, 6.07) is 0. The second-order valence-electron chi connectivity index (χ2n) is 7.11. The highest BCUT2D eigenvalue weighted by Crippen LogP contribution is 2.66. The van der Waals surface area contributed by atoms with Crippen molar-refractivity contribution in [2.24, 2.45) is 0 Å². The molecule has 0 saturated carbocycles. The lowest BCUT2D eigenvalue weighted by molar-refractivity contribution is 0.564. The fourth-order valence-electron chi connectivity index (χ4n) is 3.15. The van der Waals surface area contributed by atoms with Crippen LogP contribution in [0.1, 0.15) is 64.2 Å². The average Bonchev–Trinajstić information content (AvgIpc) is 3.38. The molecule has 0 aromatic heterocycles. The minimum absolute atomic E-state index is 1.17. The second-order valence-corrected chi connectivity index (χ2v) is 17.7. The second kappa shape index (κ2) is 16.2. The fourth-order valence-corrected chi connectivity index (χ4v) is 15.3. The summed E-state index contributed by atoms with van der Waals surface area (Å²) in [5.74, 6) is 3.82. The van der Waals surface area contributed by atoms with Gasteiger partial charge < -0.3 is 0 Å². The van der Waals surface area contributed by atoms with Crippen molar-refractivity contribution in [3.05, 3.63) is 25.4 Å². The Morgan fingerprint density at radius 3 is 1.70 bits per heavy atom. The minimum atomic E-state index is 1.17. The highest BCUT2D eigenvalue weighted by atomic mass is 79.9. The average molecular weight is 620 g/mol. The number of halogens is 1. The highest BCUT2D eigenvalue weighted by Gasteiger charge is 2.31. The van der Waals surface area contributed by atoms with Gasteiger partial charge in [-0.15, -0.1) is 47.0 Å². The molecule has 3 aliphatic rings. The maximum atomic E-state index is 3.52. The number of rotatable bonds is 14. The van der Waals surface area contributed by atoms with E-state index >= 15 is 0 Å². The fraction of sp³-hybridized carbons (Fsp3) is 0.714. The van der Waals surface area contributed by atoms with Crippen LogP contribution in [-0.4, -0.2) is 28.8 Å². The smallest absolute Gasteiger partial charge is 0.0717 e. The van der Waals surface area contributed by atoms with Gasteiger partial charge in [-0.05, 0) is 24.9 Å². The Labute approximate surface area is 226 Å². The Kier molecular flexibility index (Phi) is 14.7. The predicted molar refractivity (Wildman–Crippen MR) is 162 cm³/mol. The van der Waals surface area contributed by atoms with E-state index in [4.69, 9.17) is 0 Å². The van der Waals surface area contributed by atoms with Crippen LogP contribution in [0.15, 0.2) is 25.4 Å². The van der Waals surface area contributed by atoms with Crippen molar-refractivity contribution < 1.29 is 0 Å². The summed E-state index contributed by atoms with van der Waals surface area (Å²) in [5.41, 5.74) is 0. The van der Waals surface area contributed by atoms with Crippen LogP contribution >= 0.6 is 110 Å². The van der Waals surface area contributed by atoms with E-state index in [0.717, 1.165) is 0 Å². The summed E-state index contributed by atoms with van der Waals surface area (Å²) in [7, 11) is 0. The van der Waals surface area contributed by atoms with Crippen molar-refractivity contribution in [1.82, 2.24) is 0 Å². The molecule has 3 rings (SSSR count). The van der Waals surface area contributed by atoms with E-state index in [1.54, 1.807) is 12.7 Å². The molecule has 30 heavy (non-hydrogen) atoms. The third kappa shape index (κ3) is 9.27. The predicted octanol–water partition coefficient (Wildman–Crippen LogP) is 11.2. The van der Waals surface area contributed by atoms with Gasteiger partial charge in [-0.3, -0.25) is 0 Å². The van der Waals surface area contributed by atoms with E-state index in [1.807, 2.05) is 58.8 Å². The highest BCUT2D eigenvalue weighted by molar-refractivity contribution is 9.09. The summed E-state index contributed by atoms with van der Waals surface area (Å²) in [6.07, 6.45) is 16.4.